The lowest BCUT2D eigenvalue weighted by molar-refractivity contribution is -0.151. The molecule has 0 saturated carbocycles. The van der Waals surface area contributed by atoms with Gasteiger partial charge in [-0.3, -0.25) is 4.79 Å². The van der Waals surface area contributed by atoms with E-state index in [1.807, 2.05) is 0 Å². The van der Waals surface area contributed by atoms with Gasteiger partial charge in [0.15, 0.2) is 17.6 Å². The quantitative estimate of drug-likeness (QED) is 0.314. The van der Waals surface area contributed by atoms with E-state index in [4.69, 9.17) is 19.0 Å². The third kappa shape index (κ3) is 4.64. The second-order valence-corrected chi connectivity index (χ2v) is 6.02. The van der Waals surface area contributed by atoms with Crippen molar-refractivity contribution >= 4 is 17.5 Å². The highest BCUT2D eigenvalue weighted by Gasteiger charge is 2.20. The summed E-state index contributed by atoms with van der Waals surface area (Å²) in [6.07, 6.45) is -1.03. The number of carbonyl (C=O) groups excluding carboxylic acids is 2. The van der Waals surface area contributed by atoms with Crippen molar-refractivity contribution in [2.24, 2.45) is 5.16 Å². The van der Waals surface area contributed by atoms with Crippen molar-refractivity contribution in [2.45, 2.75) is 20.0 Å². The lowest BCUT2D eigenvalue weighted by Gasteiger charge is -2.12. The molecule has 3 rings (SSSR count). The number of nitrogens with zero attached hydrogens (tertiary/aromatic N) is 1. The van der Waals surface area contributed by atoms with Crippen LogP contribution in [0, 0.1) is 5.82 Å². The molecule has 0 aliphatic carbocycles. The molecule has 8 heteroatoms. The molecule has 7 nitrogen and oxygen atoms in total. The predicted octanol–water partition coefficient (Wildman–Crippen LogP) is 3.11. The molecule has 2 aromatic carbocycles. The fraction of sp³-hybridized carbons (Fsp3) is 0.250. The number of carbonyl (C=O) groups is 2. The summed E-state index contributed by atoms with van der Waals surface area (Å²) < 4.78 is 28.5. The zero-order valence-corrected chi connectivity index (χ0v) is 15.3. The number of hydrogen-bond donors (Lipinski definition) is 0. The lowest BCUT2D eigenvalue weighted by atomic mass is 10.1. The first-order valence-electron chi connectivity index (χ1n) is 8.50. The van der Waals surface area contributed by atoms with Gasteiger partial charge in [-0.2, -0.15) is 0 Å². The Morgan fingerprint density at radius 2 is 1.79 bits per heavy atom. The Kier molecular flexibility index (Phi) is 5.88. The molecule has 0 aromatic heterocycles. The van der Waals surface area contributed by atoms with Gasteiger partial charge < -0.3 is 19.0 Å². The van der Waals surface area contributed by atoms with Crippen LogP contribution >= 0.6 is 0 Å². The van der Waals surface area contributed by atoms with Gasteiger partial charge in [0.05, 0.1) is 5.71 Å². The highest BCUT2D eigenvalue weighted by atomic mass is 19.1. The zero-order valence-electron chi connectivity index (χ0n) is 15.3. The van der Waals surface area contributed by atoms with E-state index in [1.54, 1.807) is 25.1 Å². The van der Waals surface area contributed by atoms with Crippen LogP contribution in [0.5, 0.6) is 11.5 Å². The average molecular weight is 387 g/mol. The van der Waals surface area contributed by atoms with Crippen molar-refractivity contribution in [3.05, 3.63) is 59.4 Å². The SMILES string of the molecule is C/C(=N/OCC(=O)O[C@H](C)C(=O)c1ccc(F)cc1)c1ccc2c(c1)OCO2. The van der Waals surface area contributed by atoms with Crippen LogP contribution in [0.25, 0.3) is 0 Å². The molecule has 0 spiro atoms. The Morgan fingerprint density at radius 1 is 1.11 bits per heavy atom. The van der Waals surface area contributed by atoms with Gasteiger partial charge in [0.1, 0.15) is 5.82 Å². The van der Waals surface area contributed by atoms with Gasteiger partial charge in [-0.1, -0.05) is 5.16 Å². The Balaban J connectivity index is 1.50. The zero-order chi connectivity index (χ0) is 20.1. The molecule has 2 aromatic rings. The maximum atomic E-state index is 12.9. The van der Waals surface area contributed by atoms with Crippen LogP contribution in [0.15, 0.2) is 47.6 Å². The average Bonchev–Trinajstić information content (AvgIpc) is 3.15. The number of rotatable bonds is 7. The molecule has 1 heterocycles. The summed E-state index contributed by atoms with van der Waals surface area (Å²) in [7, 11) is 0. The molecule has 0 fully saturated rings. The van der Waals surface area contributed by atoms with Gasteiger partial charge in [-0.25, -0.2) is 9.18 Å². The highest BCUT2D eigenvalue weighted by Crippen LogP contribution is 2.32. The molecule has 0 radical (unpaired) electrons. The van der Waals surface area contributed by atoms with Crippen molar-refractivity contribution in [3.63, 3.8) is 0 Å². The normalized spacial score (nSPS) is 13.8. The van der Waals surface area contributed by atoms with Crippen LogP contribution in [-0.4, -0.2) is 37.0 Å². The van der Waals surface area contributed by atoms with Crippen molar-refractivity contribution in [1.82, 2.24) is 0 Å². The van der Waals surface area contributed by atoms with E-state index in [-0.39, 0.29) is 12.4 Å². The number of halogens is 1. The van der Waals surface area contributed by atoms with Crippen molar-refractivity contribution < 1.29 is 33.0 Å². The highest BCUT2D eigenvalue weighted by molar-refractivity contribution is 6.00. The second kappa shape index (κ2) is 8.51. The number of oxime groups is 1. The number of Topliss-reactive ketones (excluding diaryl/α,β-unsaturated/α-hetero) is 1. The van der Waals surface area contributed by atoms with Gasteiger partial charge in [0.25, 0.3) is 0 Å². The van der Waals surface area contributed by atoms with Crippen molar-refractivity contribution in [2.75, 3.05) is 13.4 Å². The molecule has 28 heavy (non-hydrogen) atoms. The molecule has 146 valence electrons. The molecule has 1 aliphatic rings. The smallest absolute Gasteiger partial charge is 0.347 e. The Bertz CT molecular complexity index is 909. The first-order valence-corrected chi connectivity index (χ1v) is 8.50. The summed E-state index contributed by atoms with van der Waals surface area (Å²) in [5, 5.41) is 3.87. The van der Waals surface area contributed by atoms with E-state index in [0.29, 0.717) is 17.2 Å². The minimum atomic E-state index is -1.03. The van der Waals surface area contributed by atoms with Gasteiger partial charge >= 0.3 is 5.97 Å². The molecular weight excluding hydrogens is 369 g/mol. The van der Waals surface area contributed by atoms with Crippen LogP contribution in [0.4, 0.5) is 4.39 Å². The van der Waals surface area contributed by atoms with E-state index < -0.39 is 30.3 Å². The minimum absolute atomic E-state index is 0.173. The fourth-order valence-corrected chi connectivity index (χ4v) is 2.49. The summed E-state index contributed by atoms with van der Waals surface area (Å²) in [5.41, 5.74) is 1.53. The summed E-state index contributed by atoms with van der Waals surface area (Å²) in [4.78, 5) is 29.0. The van der Waals surface area contributed by atoms with Gasteiger partial charge in [0.2, 0.25) is 19.2 Å². The third-order valence-corrected chi connectivity index (χ3v) is 3.98. The first-order chi connectivity index (χ1) is 13.4. The molecule has 1 atom stereocenters. The first kappa shape index (κ1) is 19.3. The summed E-state index contributed by atoms with van der Waals surface area (Å²) in [5.74, 6) is -0.371. The fourth-order valence-electron chi connectivity index (χ4n) is 2.49. The standard InChI is InChI=1S/C20H18FNO6/c1-12(15-5-8-17-18(9-15)26-11-25-17)22-27-10-19(23)28-13(2)20(24)14-3-6-16(21)7-4-14/h3-9,13H,10-11H2,1-2H3/b22-12-/t13-/m1/s1. The maximum Gasteiger partial charge on any atom is 0.347 e. The van der Waals surface area contributed by atoms with Crippen LogP contribution in [0.3, 0.4) is 0 Å². The van der Waals surface area contributed by atoms with Crippen LogP contribution in [-0.2, 0) is 14.4 Å². The van der Waals surface area contributed by atoms with Crippen molar-refractivity contribution in [3.8, 4) is 11.5 Å². The number of ketones is 1. The predicted molar refractivity (Wildman–Crippen MR) is 97.0 cm³/mol. The molecule has 0 amide bonds. The molecule has 0 unspecified atom stereocenters. The van der Waals surface area contributed by atoms with Gasteiger partial charge in [-0.15, -0.1) is 0 Å². The van der Waals surface area contributed by atoms with E-state index in [1.165, 1.54) is 31.2 Å². The molecular formula is C20H18FNO6. The molecule has 1 aliphatic heterocycles. The van der Waals surface area contributed by atoms with E-state index in [0.717, 1.165) is 5.56 Å². The van der Waals surface area contributed by atoms with Crippen LogP contribution in [0.1, 0.15) is 29.8 Å². The molecule has 0 bridgehead atoms. The molecule has 0 saturated heterocycles. The number of esters is 1. The maximum absolute atomic E-state index is 12.9. The van der Waals surface area contributed by atoms with Crippen molar-refractivity contribution in [1.29, 1.82) is 0 Å². The van der Waals surface area contributed by atoms with Gasteiger partial charge in [-0.05, 0) is 56.3 Å². The van der Waals surface area contributed by atoms with Crippen LogP contribution < -0.4 is 9.47 Å². The van der Waals surface area contributed by atoms with Crippen LogP contribution in [0.2, 0.25) is 0 Å². The Hall–Kier alpha value is -3.42. The lowest BCUT2D eigenvalue weighted by Crippen LogP contribution is -2.26. The van der Waals surface area contributed by atoms with E-state index in [9.17, 15) is 14.0 Å². The third-order valence-electron chi connectivity index (χ3n) is 3.98. The molecule has 0 N–H and O–H groups in total. The largest absolute Gasteiger partial charge is 0.454 e. The topological polar surface area (TPSA) is 83.4 Å². The number of hydrogen-bond acceptors (Lipinski definition) is 7. The number of ether oxygens (including phenoxy) is 3. The summed E-state index contributed by atoms with van der Waals surface area (Å²) in [6, 6.07) is 10.3. The number of benzene rings is 2. The van der Waals surface area contributed by atoms with E-state index in [2.05, 4.69) is 5.16 Å². The Morgan fingerprint density at radius 3 is 2.54 bits per heavy atom. The monoisotopic (exact) mass is 387 g/mol. The second-order valence-electron chi connectivity index (χ2n) is 6.02. The number of fused-ring (bicyclic) bond motifs is 1. The summed E-state index contributed by atoms with van der Waals surface area (Å²) >= 11 is 0. The minimum Gasteiger partial charge on any atom is -0.454 e. The summed E-state index contributed by atoms with van der Waals surface area (Å²) in [6.45, 7) is 2.86. The van der Waals surface area contributed by atoms with Gasteiger partial charge in [0, 0.05) is 11.1 Å². The van der Waals surface area contributed by atoms with E-state index >= 15 is 0 Å². The Labute approximate surface area is 160 Å².